The largest absolute Gasteiger partial charge is 0.0843 e. The van der Waals surface area contributed by atoms with Crippen LogP contribution in [0.2, 0.25) is 5.02 Å². The Bertz CT molecular complexity index is 675. The van der Waals surface area contributed by atoms with Crippen molar-refractivity contribution in [3.63, 3.8) is 0 Å². The first-order valence-electron chi connectivity index (χ1n) is 8.88. The molecule has 0 saturated heterocycles. The van der Waals surface area contributed by atoms with Crippen LogP contribution >= 0.6 is 11.6 Å². The van der Waals surface area contributed by atoms with E-state index >= 15 is 0 Å². The van der Waals surface area contributed by atoms with Gasteiger partial charge in [0.05, 0.1) is 0 Å². The second-order valence-corrected chi connectivity index (χ2v) is 8.14. The Kier molecular flexibility index (Phi) is 3.90. The minimum absolute atomic E-state index is 0.773. The van der Waals surface area contributed by atoms with Gasteiger partial charge in [0.1, 0.15) is 0 Å². The quantitative estimate of drug-likeness (QED) is 0.542. The van der Waals surface area contributed by atoms with E-state index in [1.54, 1.807) is 5.56 Å². The zero-order valence-electron chi connectivity index (χ0n) is 13.4. The highest BCUT2D eigenvalue weighted by molar-refractivity contribution is 6.31. The summed E-state index contributed by atoms with van der Waals surface area (Å²) in [5.41, 5.74) is 1.55. The Balaban J connectivity index is 1.56. The summed E-state index contributed by atoms with van der Waals surface area (Å²) in [6.45, 7) is 2.44. The summed E-state index contributed by atoms with van der Waals surface area (Å²) in [4.78, 5) is 0. The lowest BCUT2D eigenvalue weighted by molar-refractivity contribution is 0.124. The Morgan fingerprint density at radius 3 is 2.45 bits per heavy atom. The van der Waals surface area contributed by atoms with Crippen molar-refractivity contribution in [1.29, 1.82) is 0 Å². The summed E-state index contributed by atoms with van der Waals surface area (Å²) >= 11 is 6.10. The van der Waals surface area contributed by atoms with Gasteiger partial charge in [0.15, 0.2) is 0 Å². The molecule has 2 aliphatic carbocycles. The van der Waals surface area contributed by atoms with Crippen molar-refractivity contribution in [3.8, 4) is 0 Å². The van der Waals surface area contributed by atoms with Gasteiger partial charge >= 0.3 is 0 Å². The molecular formula is C21H25Cl. The first-order chi connectivity index (χ1) is 10.7. The summed E-state index contributed by atoms with van der Waals surface area (Å²) in [6, 6.07) is 13.2. The summed E-state index contributed by atoms with van der Waals surface area (Å²) in [5.74, 6) is 3.73. The van der Waals surface area contributed by atoms with Crippen molar-refractivity contribution in [2.75, 3.05) is 0 Å². The maximum atomic E-state index is 6.10. The first kappa shape index (κ1) is 14.6. The monoisotopic (exact) mass is 312 g/mol. The fraction of sp³-hybridized carbons (Fsp3) is 0.524. The number of benzene rings is 2. The van der Waals surface area contributed by atoms with Crippen molar-refractivity contribution in [2.24, 2.45) is 17.8 Å². The zero-order valence-corrected chi connectivity index (χ0v) is 14.2. The molecule has 1 heteroatoms. The van der Waals surface area contributed by atoms with E-state index < -0.39 is 0 Å². The van der Waals surface area contributed by atoms with Crippen LogP contribution in [0.4, 0.5) is 0 Å². The molecule has 2 aliphatic rings. The molecule has 0 aromatic heterocycles. The van der Waals surface area contributed by atoms with Crippen LogP contribution in [-0.4, -0.2) is 0 Å². The van der Waals surface area contributed by atoms with Crippen LogP contribution in [-0.2, 0) is 0 Å². The molecule has 4 unspecified atom stereocenters. The topological polar surface area (TPSA) is 0 Å². The predicted octanol–water partition coefficient (Wildman–Crippen LogP) is 6.81. The minimum Gasteiger partial charge on any atom is -0.0843 e. The van der Waals surface area contributed by atoms with Gasteiger partial charge in [-0.2, -0.15) is 0 Å². The first-order valence-corrected chi connectivity index (χ1v) is 9.26. The molecule has 4 atom stereocenters. The fourth-order valence-electron chi connectivity index (χ4n) is 4.92. The molecule has 0 nitrogen and oxygen atoms in total. The van der Waals surface area contributed by atoms with Gasteiger partial charge in [-0.15, -0.1) is 0 Å². The highest BCUT2D eigenvalue weighted by atomic mass is 35.5. The molecule has 0 bridgehead atoms. The van der Waals surface area contributed by atoms with E-state index in [9.17, 15) is 0 Å². The summed E-state index contributed by atoms with van der Waals surface area (Å²) in [6.07, 6.45) is 8.63. The Morgan fingerprint density at radius 1 is 0.818 bits per heavy atom. The Hall–Kier alpha value is -1.01. The molecular weight excluding hydrogens is 288 g/mol. The summed E-state index contributed by atoms with van der Waals surface area (Å²) in [7, 11) is 0. The van der Waals surface area contributed by atoms with Crippen molar-refractivity contribution in [3.05, 3.63) is 47.0 Å². The highest BCUT2D eigenvalue weighted by Crippen LogP contribution is 2.47. The van der Waals surface area contributed by atoms with E-state index in [1.165, 1.54) is 49.3 Å². The molecule has 0 radical (unpaired) electrons. The van der Waals surface area contributed by atoms with E-state index in [-0.39, 0.29) is 0 Å². The van der Waals surface area contributed by atoms with Gasteiger partial charge in [-0.1, -0.05) is 49.2 Å². The molecule has 2 saturated carbocycles. The van der Waals surface area contributed by atoms with E-state index in [1.807, 2.05) is 6.07 Å². The Morgan fingerprint density at radius 2 is 1.55 bits per heavy atom. The van der Waals surface area contributed by atoms with Crippen LogP contribution in [0.25, 0.3) is 10.8 Å². The van der Waals surface area contributed by atoms with Crippen LogP contribution in [0.5, 0.6) is 0 Å². The normalized spacial score (nSPS) is 31.9. The molecule has 2 fully saturated rings. The van der Waals surface area contributed by atoms with Gasteiger partial charge in [0.25, 0.3) is 0 Å². The molecule has 0 N–H and O–H groups in total. The van der Waals surface area contributed by atoms with Gasteiger partial charge < -0.3 is 0 Å². The Labute approximate surface area is 138 Å². The lowest BCUT2D eigenvalue weighted by Gasteiger charge is -2.41. The number of hydrogen-bond donors (Lipinski definition) is 0. The van der Waals surface area contributed by atoms with Crippen LogP contribution in [0, 0.1) is 17.8 Å². The molecule has 0 spiro atoms. The minimum atomic E-state index is 0.773. The molecule has 2 aromatic carbocycles. The van der Waals surface area contributed by atoms with Crippen LogP contribution in [0.15, 0.2) is 36.4 Å². The zero-order chi connectivity index (χ0) is 15.1. The van der Waals surface area contributed by atoms with E-state index in [4.69, 9.17) is 11.6 Å². The summed E-state index contributed by atoms with van der Waals surface area (Å²) < 4.78 is 0. The van der Waals surface area contributed by atoms with Crippen molar-refractivity contribution in [2.45, 2.75) is 51.4 Å². The van der Waals surface area contributed by atoms with E-state index in [0.717, 1.165) is 28.7 Å². The maximum Gasteiger partial charge on any atom is 0.0412 e. The fourth-order valence-corrected chi connectivity index (χ4v) is 5.10. The molecule has 0 heterocycles. The van der Waals surface area contributed by atoms with Gasteiger partial charge in [-0.3, -0.25) is 0 Å². The van der Waals surface area contributed by atoms with Gasteiger partial charge in [-0.25, -0.2) is 0 Å². The lowest BCUT2D eigenvalue weighted by Crippen LogP contribution is -2.29. The average molecular weight is 313 g/mol. The van der Waals surface area contributed by atoms with Crippen LogP contribution in [0.3, 0.4) is 0 Å². The summed E-state index contributed by atoms with van der Waals surface area (Å²) in [5, 5.41) is 3.43. The number of hydrogen-bond acceptors (Lipinski definition) is 0. The van der Waals surface area contributed by atoms with Crippen molar-refractivity contribution in [1.82, 2.24) is 0 Å². The van der Waals surface area contributed by atoms with Crippen molar-refractivity contribution < 1.29 is 0 Å². The van der Waals surface area contributed by atoms with Crippen LogP contribution < -0.4 is 0 Å². The van der Waals surface area contributed by atoms with Gasteiger partial charge in [0.2, 0.25) is 0 Å². The molecule has 0 amide bonds. The molecule has 22 heavy (non-hydrogen) atoms. The predicted molar refractivity (Wildman–Crippen MR) is 95.5 cm³/mol. The lowest BCUT2D eigenvalue weighted by atomic mass is 9.64. The van der Waals surface area contributed by atoms with Crippen molar-refractivity contribution >= 4 is 22.4 Å². The van der Waals surface area contributed by atoms with E-state index in [0.29, 0.717) is 0 Å². The smallest absolute Gasteiger partial charge is 0.0412 e. The maximum absolute atomic E-state index is 6.10. The third-order valence-electron chi connectivity index (χ3n) is 6.17. The third-order valence-corrected chi connectivity index (χ3v) is 6.41. The molecule has 4 rings (SSSR count). The standard InChI is InChI=1S/C21H25Cl/c1-14-2-3-16-11-17(5-4-15(16)10-14)18-6-7-20-13-21(22)9-8-19(20)12-18/h6-9,12-17H,2-5,10-11H2,1H3. The van der Waals surface area contributed by atoms with E-state index in [2.05, 4.69) is 37.3 Å². The van der Waals surface area contributed by atoms with Gasteiger partial charge in [-0.05, 0) is 84.2 Å². The average Bonchev–Trinajstić information content (AvgIpc) is 2.54. The molecule has 0 aliphatic heterocycles. The number of fused-ring (bicyclic) bond motifs is 2. The van der Waals surface area contributed by atoms with Gasteiger partial charge in [0, 0.05) is 5.02 Å². The molecule has 116 valence electrons. The molecule has 2 aromatic rings. The number of rotatable bonds is 1. The second-order valence-electron chi connectivity index (χ2n) is 7.70. The SMILES string of the molecule is CC1CCC2CC(c3ccc4cc(Cl)ccc4c3)CCC2C1. The number of halogens is 1. The second kappa shape index (κ2) is 5.89. The van der Waals surface area contributed by atoms with Crippen LogP contribution in [0.1, 0.15) is 56.9 Å². The third kappa shape index (κ3) is 2.78. The highest BCUT2D eigenvalue weighted by Gasteiger charge is 2.34.